The lowest BCUT2D eigenvalue weighted by Crippen LogP contribution is -1.97. The van der Waals surface area contributed by atoms with Crippen LogP contribution in [0.2, 0.25) is 0 Å². The van der Waals surface area contributed by atoms with Crippen molar-refractivity contribution in [3.05, 3.63) is 66.6 Å². The Labute approximate surface area is 104 Å². The number of rotatable bonds is 1. The van der Waals surface area contributed by atoms with Crippen molar-refractivity contribution in [1.29, 1.82) is 0 Å². The lowest BCUT2D eigenvalue weighted by atomic mass is 10.1. The molecule has 0 saturated carbocycles. The normalized spacial score (nSPS) is 9.56. The van der Waals surface area contributed by atoms with Gasteiger partial charge in [-0.1, -0.05) is 18.2 Å². The zero-order valence-corrected chi connectivity index (χ0v) is 9.50. The maximum atomic E-state index is 10.8. The molecule has 0 aliphatic carbocycles. The first-order valence-electron chi connectivity index (χ1n) is 5.35. The van der Waals surface area contributed by atoms with E-state index in [9.17, 15) is 4.79 Å². The summed E-state index contributed by atoms with van der Waals surface area (Å²) in [7, 11) is 0. The van der Waals surface area contributed by atoms with Gasteiger partial charge < -0.3 is 10.1 Å². The first-order chi connectivity index (χ1) is 8.79. The third-order valence-corrected chi connectivity index (χ3v) is 2.31. The van der Waals surface area contributed by atoms with Gasteiger partial charge in [-0.25, -0.2) is 4.79 Å². The van der Waals surface area contributed by atoms with Gasteiger partial charge in [0.05, 0.1) is 11.1 Å². The van der Waals surface area contributed by atoms with E-state index in [1.54, 1.807) is 24.4 Å². The van der Waals surface area contributed by atoms with Gasteiger partial charge in [0.15, 0.2) is 0 Å². The molecule has 18 heavy (non-hydrogen) atoms. The maximum Gasteiger partial charge on any atom is 0.337 e. The average Bonchev–Trinajstić information content (AvgIpc) is 2.97. The fraction of sp³-hybridized carbons (Fsp3) is 0. The van der Waals surface area contributed by atoms with E-state index in [4.69, 9.17) is 5.11 Å². The summed E-state index contributed by atoms with van der Waals surface area (Å²) in [6.45, 7) is 0. The predicted molar refractivity (Wildman–Crippen MR) is 68.3 cm³/mol. The van der Waals surface area contributed by atoms with E-state index in [0.717, 1.165) is 5.39 Å². The number of aromatic nitrogens is 2. The molecule has 0 amide bonds. The number of carbonyl (C=O) groups is 1. The standard InChI is InChI=1S/C10H7NO2.C4H4N/c12-10(13)8-5-1-3-7-4-2-6-11-9(7)8;1-2-4-5-3-1/h1-6H,(H,12,13);1-3,5H/q;-1. The minimum atomic E-state index is -0.940. The Morgan fingerprint density at radius 3 is 2.67 bits per heavy atom. The Hall–Kier alpha value is -2.62. The van der Waals surface area contributed by atoms with E-state index in [-0.39, 0.29) is 5.56 Å². The minimum Gasteiger partial charge on any atom is -0.484 e. The molecule has 0 radical (unpaired) electrons. The summed E-state index contributed by atoms with van der Waals surface area (Å²) in [4.78, 5) is 17.5. The molecule has 2 heterocycles. The summed E-state index contributed by atoms with van der Waals surface area (Å²) < 4.78 is 0. The first kappa shape index (κ1) is 11.9. The summed E-state index contributed by atoms with van der Waals surface area (Å²) in [5.74, 6) is -0.940. The fourth-order valence-corrected chi connectivity index (χ4v) is 1.52. The number of para-hydroxylation sites is 1. The van der Waals surface area contributed by atoms with Crippen molar-refractivity contribution in [3.8, 4) is 0 Å². The number of hydrogen-bond acceptors (Lipinski definition) is 2. The molecule has 2 N–H and O–H groups in total. The van der Waals surface area contributed by atoms with Crippen LogP contribution in [0.15, 0.2) is 54.9 Å². The van der Waals surface area contributed by atoms with Crippen LogP contribution in [-0.4, -0.2) is 21.0 Å². The van der Waals surface area contributed by atoms with E-state index < -0.39 is 5.97 Å². The maximum absolute atomic E-state index is 10.8. The second kappa shape index (κ2) is 5.63. The molecule has 1 aromatic carbocycles. The molecule has 0 atom stereocenters. The second-order valence-electron chi connectivity index (χ2n) is 3.50. The van der Waals surface area contributed by atoms with Crippen molar-refractivity contribution >= 4 is 16.9 Å². The van der Waals surface area contributed by atoms with Gasteiger partial charge in [-0.15, -0.1) is 6.20 Å². The van der Waals surface area contributed by atoms with Gasteiger partial charge in [-0.3, -0.25) is 4.98 Å². The quantitative estimate of drug-likeness (QED) is 0.642. The molecule has 3 aromatic rings. The highest BCUT2D eigenvalue weighted by Crippen LogP contribution is 2.15. The molecule has 0 aliphatic rings. The van der Waals surface area contributed by atoms with Gasteiger partial charge in [0.25, 0.3) is 0 Å². The molecule has 2 aromatic heterocycles. The Morgan fingerprint density at radius 2 is 2.06 bits per heavy atom. The minimum absolute atomic E-state index is 0.248. The van der Waals surface area contributed by atoms with Crippen molar-refractivity contribution in [3.63, 3.8) is 0 Å². The number of fused-ring (bicyclic) bond motifs is 1. The zero-order chi connectivity index (χ0) is 12.8. The number of aromatic carboxylic acids is 1. The molecule has 4 nitrogen and oxygen atoms in total. The summed E-state index contributed by atoms with van der Waals surface area (Å²) in [5, 5.41) is 9.69. The molecule has 0 spiro atoms. The molecule has 0 fully saturated rings. The molecule has 3 rings (SSSR count). The fourth-order valence-electron chi connectivity index (χ4n) is 1.52. The highest BCUT2D eigenvalue weighted by Gasteiger charge is 2.07. The number of nitrogens with zero attached hydrogens (tertiary/aromatic N) is 1. The van der Waals surface area contributed by atoms with Crippen molar-refractivity contribution in [1.82, 2.24) is 9.97 Å². The highest BCUT2D eigenvalue weighted by molar-refractivity contribution is 6.01. The van der Waals surface area contributed by atoms with Crippen LogP contribution in [0.1, 0.15) is 10.4 Å². The van der Waals surface area contributed by atoms with Gasteiger partial charge in [-0.05, 0) is 12.1 Å². The molecular formula is C14H11N2O2-. The topological polar surface area (TPSA) is 66.0 Å². The zero-order valence-electron chi connectivity index (χ0n) is 9.50. The lowest BCUT2D eigenvalue weighted by molar-refractivity contribution is 0.0699. The molecule has 0 saturated heterocycles. The van der Waals surface area contributed by atoms with E-state index in [2.05, 4.69) is 16.2 Å². The Bertz CT molecular complexity index is 611. The van der Waals surface area contributed by atoms with Gasteiger partial charge in [-0.2, -0.15) is 18.3 Å². The van der Waals surface area contributed by atoms with Crippen LogP contribution in [-0.2, 0) is 0 Å². The molecular weight excluding hydrogens is 228 g/mol. The predicted octanol–water partition coefficient (Wildman–Crippen LogP) is 2.75. The van der Waals surface area contributed by atoms with E-state index in [1.165, 1.54) is 0 Å². The summed E-state index contributed by atoms with van der Waals surface area (Å²) in [6, 6.07) is 12.4. The van der Waals surface area contributed by atoms with Crippen molar-refractivity contribution in [2.75, 3.05) is 0 Å². The van der Waals surface area contributed by atoms with Crippen LogP contribution >= 0.6 is 0 Å². The molecule has 0 aliphatic heterocycles. The van der Waals surface area contributed by atoms with Gasteiger partial charge in [0, 0.05) is 11.6 Å². The molecule has 4 heteroatoms. The number of benzene rings is 1. The Balaban J connectivity index is 0.000000202. The smallest absolute Gasteiger partial charge is 0.337 e. The van der Waals surface area contributed by atoms with E-state index >= 15 is 0 Å². The lowest BCUT2D eigenvalue weighted by Gasteiger charge is -1.99. The number of aromatic amines is 1. The molecule has 0 unspecified atom stereocenters. The summed E-state index contributed by atoms with van der Waals surface area (Å²) >= 11 is 0. The third kappa shape index (κ3) is 2.74. The van der Waals surface area contributed by atoms with Crippen LogP contribution in [0.3, 0.4) is 0 Å². The van der Waals surface area contributed by atoms with Gasteiger partial charge in [0.2, 0.25) is 0 Å². The van der Waals surface area contributed by atoms with Crippen molar-refractivity contribution in [2.24, 2.45) is 0 Å². The van der Waals surface area contributed by atoms with Gasteiger partial charge >= 0.3 is 5.97 Å². The highest BCUT2D eigenvalue weighted by atomic mass is 16.4. The molecule has 90 valence electrons. The molecule has 0 bridgehead atoms. The number of carboxylic acids is 1. The largest absolute Gasteiger partial charge is 0.484 e. The summed E-state index contributed by atoms with van der Waals surface area (Å²) in [5.41, 5.74) is 0.788. The van der Waals surface area contributed by atoms with Crippen molar-refractivity contribution < 1.29 is 9.90 Å². The van der Waals surface area contributed by atoms with E-state index in [1.807, 2.05) is 30.5 Å². The number of carboxylic acid groups (broad SMARTS) is 1. The Kier molecular flexibility index (Phi) is 3.71. The van der Waals surface area contributed by atoms with Crippen LogP contribution in [0.25, 0.3) is 10.9 Å². The van der Waals surface area contributed by atoms with Crippen molar-refractivity contribution in [2.45, 2.75) is 0 Å². The Morgan fingerprint density at radius 1 is 1.22 bits per heavy atom. The third-order valence-electron chi connectivity index (χ3n) is 2.31. The van der Waals surface area contributed by atoms with Gasteiger partial charge in [0.1, 0.15) is 0 Å². The van der Waals surface area contributed by atoms with Crippen LogP contribution < -0.4 is 0 Å². The summed E-state index contributed by atoms with van der Waals surface area (Å²) in [6.07, 6.45) is 6.15. The first-order valence-corrected chi connectivity index (χ1v) is 5.35. The van der Waals surface area contributed by atoms with Crippen LogP contribution in [0.4, 0.5) is 0 Å². The monoisotopic (exact) mass is 239 g/mol. The number of pyridine rings is 1. The number of H-pyrrole nitrogens is 1. The second-order valence-corrected chi connectivity index (χ2v) is 3.50. The van der Waals surface area contributed by atoms with E-state index in [0.29, 0.717) is 5.52 Å². The average molecular weight is 239 g/mol. The van der Waals surface area contributed by atoms with Crippen LogP contribution in [0, 0.1) is 6.20 Å². The SMILES string of the molecule is O=C(O)c1cccc2cccnc12.[c-]1ccc[nH]1. The number of nitrogens with one attached hydrogen (secondary N) is 1. The van der Waals surface area contributed by atoms with Crippen LogP contribution in [0.5, 0.6) is 0 Å². The number of hydrogen-bond donors (Lipinski definition) is 2.